The van der Waals surface area contributed by atoms with E-state index in [9.17, 15) is 15.0 Å². The quantitative estimate of drug-likeness (QED) is 0.464. The molecular formula is C8H14O6. The molecule has 0 spiro atoms. The summed E-state index contributed by atoms with van der Waals surface area (Å²) < 4.78 is 9.47. The van der Waals surface area contributed by atoms with E-state index in [1.807, 2.05) is 0 Å². The minimum Gasteiger partial charge on any atom is -0.463 e. The molecule has 0 saturated carbocycles. The topological polar surface area (TPSA) is 96.2 Å². The molecule has 0 bridgehead atoms. The summed E-state index contributed by atoms with van der Waals surface area (Å²) in [4.78, 5) is 10.4. The Morgan fingerprint density at radius 3 is 2.71 bits per heavy atom. The Hall–Kier alpha value is -0.690. The van der Waals surface area contributed by atoms with Crippen LogP contribution in [0.15, 0.2) is 0 Å². The lowest BCUT2D eigenvalue weighted by atomic mass is 10.1. The lowest BCUT2D eigenvalue weighted by molar-refractivity contribution is -0.148. The number of ether oxygens (including phenoxy) is 2. The van der Waals surface area contributed by atoms with Crippen molar-refractivity contribution in [1.82, 2.24) is 0 Å². The fourth-order valence-corrected chi connectivity index (χ4v) is 1.26. The van der Waals surface area contributed by atoms with Crippen LogP contribution in [0.1, 0.15) is 6.92 Å². The Morgan fingerprint density at radius 2 is 2.29 bits per heavy atom. The zero-order valence-electron chi connectivity index (χ0n) is 7.79. The molecule has 1 rings (SSSR count). The van der Waals surface area contributed by atoms with E-state index in [1.165, 1.54) is 6.92 Å². The average Bonchev–Trinajstić information content (AvgIpc) is 2.44. The predicted molar refractivity (Wildman–Crippen MR) is 44.4 cm³/mol. The second-order valence-corrected chi connectivity index (χ2v) is 3.23. The fraction of sp³-hybridized carbons (Fsp3) is 0.875. The molecule has 1 aliphatic heterocycles. The normalized spacial score (nSPS) is 34.1. The van der Waals surface area contributed by atoms with Crippen LogP contribution < -0.4 is 0 Å². The van der Waals surface area contributed by atoms with E-state index in [0.29, 0.717) is 0 Å². The van der Waals surface area contributed by atoms with Crippen molar-refractivity contribution in [3.05, 3.63) is 0 Å². The first-order valence-corrected chi connectivity index (χ1v) is 4.31. The second-order valence-electron chi connectivity index (χ2n) is 3.23. The van der Waals surface area contributed by atoms with Gasteiger partial charge in [-0.1, -0.05) is 0 Å². The minimum absolute atomic E-state index is 0.0248. The van der Waals surface area contributed by atoms with Gasteiger partial charge in [-0.15, -0.1) is 0 Å². The van der Waals surface area contributed by atoms with Crippen molar-refractivity contribution in [1.29, 1.82) is 0 Å². The van der Waals surface area contributed by atoms with Gasteiger partial charge in [0.25, 0.3) is 0 Å². The van der Waals surface area contributed by atoms with Crippen LogP contribution in [0.4, 0.5) is 0 Å². The molecule has 82 valence electrons. The van der Waals surface area contributed by atoms with Gasteiger partial charge in [0.15, 0.2) is 0 Å². The highest BCUT2D eigenvalue weighted by Crippen LogP contribution is 2.17. The van der Waals surface area contributed by atoms with Crippen molar-refractivity contribution in [2.75, 3.05) is 13.2 Å². The molecule has 1 aliphatic rings. The molecule has 0 unspecified atom stereocenters. The monoisotopic (exact) mass is 206 g/mol. The van der Waals surface area contributed by atoms with Gasteiger partial charge in [0.2, 0.25) is 0 Å². The number of aliphatic hydroxyl groups is 3. The highest BCUT2D eigenvalue weighted by atomic mass is 16.6. The smallest absolute Gasteiger partial charge is 0.302 e. The maximum absolute atomic E-state index is 10.4. The van der Waals surface area contributed by atoms with Gasteiger partial charge in [-0.3, -0.25) is 4.79 Å². The lowest BCUT2D eigenvalue weighted by Gasteiger charge is -2.20. The first-order chi connectivity index (χ1) is 6.52. The number of esters is 1. The number of aliphatic hydroxyl groups excluding tert-OH is 3. The Morgan fingerprint density at radius 1 is 1.64 bits per heavy atom. The van der Waals surface area contributed by atoms with E-state index in [0.717, 1.165) is 0 Å². The summed E-state index contributed by atoms with van der Waals surface area (Å²) in [5.74, 6) is -0.517. The average molecular weight is 206 g/mol. The van der Waals surface area contributed by atoms with Crippen molar-refractivity contribution in [2.24, 2.45) is 0 Å². The minimum atomic E-state index is -1.14. The summed E-state index contributed by atoms with van der Waals surface area (Å²) in [6, 6.07) is 0. The van der Waals surface area contributed by atoms with Crippen molar-refractivity contribution >= 4 is 5.97 Å². The molecule has 1 fully saturated rings. The van der Waals surface area contributed by atoms with E-state index < -0.39 is 30.4 Å². The molecule has 0 aromatic heterocycles. The molecule has 0 aliphatic carbocycles. The van der Waals surface area contributed by atoms with Gasteiger partial charge in [0.05, 0.1) is 6.61 Å². The number of hydrogen-bond donors (Lipinski definition) is 3. The Bertz CT molecular complexity index is 206. The van der Waals surface area contributed by atoms with E-state index in [4.69, 9.17) is 9.84 Å². The largest absolute Gasteiger partial charge is 0.463 e. The van der Waals surface area contributed by atoms with Crippen molar-refractivity contribution in [3.63, 3.8) is 0 Å². The number of carbonyl (C=O) groups is 1. The fourth-order valence-electron chi connectivity index (χ4n) is 1.26. The van der Waals surface area contributed by atoms with Gasteiger partial charge in [0.1, 0.15) is 31.0 Å². The number of rotatable bonds is 3. The molecule has 3 N–H and O–H groups in total. The third kappa shape index (κ3) is 2.65. The van der Waals surface area contributed by atoms with Gasteiger partial charge in [-0.05, 0) is 0 Å². The summed E-state index contributed by atoms with van der Waals surface area (Å²) in [5.41, 5.74) is 0. The molecule has 14 heavy (non-hydrogen) atoms. The van der Waals surface area contributed by atoms with E-state index in [1.54, 1.807) is 0 Å². The molecular weight excluding hydrogens is 192 g/mol. The lowest BCUT2D eigenvalue weighted by Crippen LogP contribution is -2.41. The third-order valence-corrected chi connectivity index (χ3v) is 2.03. The van der Waals surface area contributed by atoms with Gasteiger partial charge >= 0.3 is 5.97 Å². The molecule has 0 aromatic rings. The molecule has 4 atom stereocenters. The van der Waals surface area contributed by atoms with Crippen LogP contribution in [-0.4, -0.2) is 58.9 Å². The summed E-state index contributed by atoms with van der Waals surface area (Å²) in [5, 5.41) is 27.8. The molecule has 1 saturated heterocycles. The van der Waals surface area contributed by atoms with Gasteiger partial charge < -0.3 is 24.8 Å². The van der Waals surface area contributed by atoms with Crippen LogP contribution in [-0.2, 0) is 14.3 Å². The first kappa shape index (κ1) is 11.4. The predicted octanol–water partition coefficient (Wildman–Crippen LogP) is -1.97. The second kappa shape index (κ2) is 4.70. The highest BCUT2D eigenvalue weighted by molar-refractivity contribution is 5.65. The molecule has 1 heterocycles. The SMILES string of the molecule is CC(=O)OC[C@H](O)[C@H]1OC[C@@H](O)[C@@H]1O. The highest BCUT2D eigenvalue weighted by Gasteiger charge is 2.39. The maximum atomic E-state index is 10.4. The summed E-state index contributed by atoms with van der Waals surface area (Å²) in [6.07, 6.45) is -4.15. The molecule has 6 nitrogen and oxygen atoms in total. The molecule has 0 aromatic carbocycles. The van der Waals surface area contributed by atoms with Crippen molar-refractivity contribution in [3.8, 4) is 0 Å². The zero-order chi connectivity index (χ0) is 10.7. The van der Waals surface area contributed by atoms with Crippen molar-refractivity contribution in [2.45, 2.75) is 31.3 Å². The summed E-state index contributed by atoms with van der Waals surface area (Å²) in [6.45, 7) is 0.945. The molecule has 6 heteroatoms. The standard InChI is InChI=1S/C8H14O6/c1-4(9)13-3-6(11)8-7(12)5(10)2-14-8/h5-8,10-12H,2-3H2,1H3/t5-,6+,7+,8-/m1/s1. The van der Waals surface area contributed by atoms with Crippen LogP contribution in [0, 0.1) is 0 Å². The Kier molecular flexibility index (Phi) is 3.82. The van der Waals surface area contributed by atoms with Crippen molar-refractivity contribution < 1.29 is 29.6 Å². The summed E-state index contributed by atoms with van der Waals surface area (Å²) >= 11 is 0. The Balaban J connectivity index is 2.37. The van der Waals surface area contributed by atoms with Gasteiger partial charge in [-0.25, -0.2) is 0 Å². The molecule has 0 radical (unpaired) electrons. The first-order valence-electron chi connectivity index (χ1n) is 4.31. The number of carbonyl (C=O) groups excluding carboxylic acids is 1. The van der Waals surface area contributed by atoms with Crippen LogP contribution in [0.2, 0.25) is 0 Å². The van der Waals surface area contributed by atoms with Crippen LogP contribution in [0.5, 0.6) is 0 Å². The van der Waals surface area contributed by atoms with E-state index >= 15 is 0 Å². The van der Waals surface area contributed by atoms with Crippen LogP contribution >= 0.6 is 0 Å². The van der Waals surface area contributed by atoms with E-state index in [-0.39, 0.29) is 13.2 Å². The Labute approximate surface area is 81.1 Å². The zero-order valence-corrected chi connectivity index (χ0v) is 7.79. The molecule has 0 amide bonds. The van der Waals surface area contributed by atoms with Gasteiger partial charge in [-0.2, -0.15) is 0 Å². The van der Waals surface area contributed by atoms with Crippen LogP contribution in [0.3, 0.4) is 0 Å². The maximum Gasteiger partial charge on any atom is 0.302 e. The van der Waals surface area contributed by atoms with Gasteiger partial charge in [0, 0.05) is 6.92 Å². The van der Waals surface area contributed by atoms with Crippen LogP contribution in [0.25, 0.3) is 0 Å². The third-order valence-electron chi connectivity index (χ3n) is 2.03. The summed E-state index contributed by atoms with van der Waals surface area (Å²) in [7, 11) is 0. The van der Waals surface area contributed by atoms with E-state index in [2.05, 4.69) is 4.74 Å². The number of hydrogen-bond acceptors (Lipinski definition) is 6.